The summed E-state index contributed by atoms with van der Waals surface area (Å²) >= 11 is 0. The van der Waals surface area contributed by atoms with Gasteiger partial charge in [0.2, 0.25) is 5.95 Å². The molecule has 7 heteroatoms. The molecule has 1 aromatic carbocycles. The lowest BCUT2D eigenvalue weighted by Gasteiger charge is -2.32. The van der Waals surface area contributed by atoms with Gasteiger partial charge < -0.3 is 15.1 Å². The van der Waals surface area contributed by atoms with Gasteiger partial charge >= 0.3 is 0 Å². The van der Waals surface area contributed by atoms with Crippen molar-refractivity contribution >= 4 is 17.5 Å². The Labute approximate surface area is 134 Å². The molecule has 1 aliphatic rings. The topological polar surface area (TPSA) is 61.4 Å². The molecule has 0 saturated carbocycles. The van der Waals surface area contributed by atoms with Gasteiger partial charge in [-0.1, -0.05) is 12.1 Å². The SMILES string of the molecule is CN1CCN(C(=O)c2cnc(Nc3ccccc3F)nc2)CC1. The lowest BCUT2D eigenvalue weighted by Crippen LogP contribution is -2.47. The molecule has 1 aliphatic heterocycles. The zero-order valence-electron chi connectivity index (χ0n) is 12.9. The van der Waals surface area contributed by atoms with E-state index in [0.29, 0.717) is 24.3 Å². The fourth-order valence-electron chi connectivity index (χ4n) is 2.38. The molecule has 23 heavy (non-hydrogen) atoms. The number of amides is 1. The number of nitrogens with zero attached hydrogens (tertiary/aromatic N) is 4. The highest BCUT2D eigenvalue weighted by atomic mass is 19.1. The molecule has 2 aromatic rings. The fourth-order valence-corrected chi connectivity index (χ4v) is 2.38. The summed E-state index contributed by atoms with van der Waals surface area (Å²) in [5, 5.41) is 2.79. The van der Waals surface area contributed by atoms with Crippen LogP contribution in [0.15, 0.2) is 36.7 Å². The van der Waals surface area contributed by atoms with Crippen LogP contribution in [-0.2, 0) is 0 Å². The predicted octanol–water partition coefficient (Wildman–Crippen LogP) is 1.75. The molecule has 6 nitrogen and oxygen atoms in total. The highest BCUT2D eigenvalue weighted by Crippen LogP contribution is 2.16. The average molecular weight is 315 g/mol. The number of likely N-dealkylation sites (N-methyl/N-ethyl adjacent to an activating group) is 1. The summed E-state index contributed by atoms with van der Waals surface area (Å²) < 4.78 is 13.6. The van der Waals surface area contributed by atoms with Crippen molar-refractivity contribution in [3.63, 3.8) is 0 Å². The van der Waals surface area contributed by atoms with E-state index < -0.39 is 0 Å². The Bertz CT molecular complexity index is 683. The van der Waals surface area contributed by atoms with Crippen molar-refractivity contribution in [3.05, 3.63) is 48.0 Å². The molecular formula is C16H18FN5O. The van der Waals surface area contributed by atoms with E-state index in [1.54, 1.807) is 23.1 Å². The second-order valence-electron chi connectivity index (χ2n) is 5.50. The van der Waals surface area contributed by atoms with Gasteiger partial charge in [0.15, 0.2) is 0 Å². The van der Waals surface area contributed by atoms with Gasteiger partial charge in [-0.3, -0.25) is 4.79 Å². The third-order valence-electron chi connectivity index (χ3n) is 3.81. The molecule has 0 unspecified atom stereocenters. The molecule has 0 atom stereocenters. The van der Waals surface area contributed by atoms with Gasteiger partial charge in [-0.25, -0.2) is 14.4 Å². The molecule has 0 aliphatic carbocycles. The summed E-state index contributed by atoms with van der Waals surface area (Å²) in [6.07, 6.45) is 2.94. The quantitative estimate of drug-likeness (QED) is 0.935. The van der Waals surface area contributed by atoms with Crippen molar-refractivity contribution in [1.82, 2.24) is 19.8 Å². The second-order valence-corrected chi connectivity index (χ2v) is 5.50. The summed E-state index contributed by atoms with van der Waals surface area (Å²) in [6.45, 7) is 3.12. The number of benzene rings is 1. The number of anilines is 2. The molecule has 120 valence electrons. The number of hydrogen-bond acceptors (Lipinski definition) is 5. The van der Waals surface area contributed by atoms with Gasteiger partial charge in [0, 0.05) is 38.6 Å². The van der Waals surface area contributed by atoms with Crippen LogP contribution >= 0.6 is 0 Å². The van der Waals surface area contributed by atoms with E-state index in [1.807, 2.05) is 7.05 Å². The first-order chi connectivity index (χ1) is 11.1. The molecule has 2 heterocycles. The highest BCUT2D eigenvalue weighted by Gasteiger charge is 2.20. The Morgan fingerprint density at radius 3 is 2.43 bits per heavy atom. The first-order valence-electron chi connectivity index (χ1n) is 7.45. The molecule has 0 spiro atoms. The number of rotatable bonds is 3. The molecule has 1 N–H and O–H groups in total. The van der Waals surface area contributed by atoms with E-state index in [-0.39, 0.29) is 17.7 Å². The van der Waals surface area contributed by atoms with Crippen LogP contribution in [-0.4, -0.2) is 58.9 Å². The molecule has 0 bridgehead atoms. The first kappa shape index (κ1) is 15.4. The van der Waals surface area contributed by atoms with Gasteiger partial charge in [0.05, 0.1) is 11.3 Å². The lowest BCUT2D eigenvalue weighted by molar-refractivity contribution is 0.0663. The number of carbonyl (C=O) groups is 1. The van der Waals surface area contributed by atoms with Gasteiger partial charge in [0.25, 0.3) is 5.91 Å². The number of nitrogens with one attached hydrogen (secondary N) is 1. The standard InChI is InChI=1S/C16H18FN5O/c1-21-6-8-22(9-7-21)15(23)12-10-18-16(19-11-12)20-14-5-3-2-4-13(14)17/h2-5,10-11H,6-9H2,1H3,(H,18,19,20). The van der Waals surface area contributed by atoms with E-state index in [0.717, 1.165) is 13.1 Å². The molecule has 1 aromatic heterocycles. The Morgan fingerprint density at radius 2 is 1.78 bits per heavy atom. The zero-order chi connectivity index (χ0) is 16.2. The first-order valence-corrected chi connectivity index (χ1v) is 7.45. The number of hydrogen-bond donors (Lipinski definition) is 1. The number of aromatic nitrogens is 2. The minimum atomic E-state index is -0.381. The minimum absolute atomic E-state index is 0.0736. The Hall–Kier alpha value is -2.54. The van der Waals surface area contributed by atoms with Gasteiger partial charge in [0.1, 0.15) is 5.82 Å². The van der Waals surface area contributed by atoms with Crippen molar-refractivity contribution in [2.24, 2.45) is 0 Å². The largest absolute Gasteiger partial charge is 0.336 e. The summed E-state index contributed by atoms with van der Waals surface area (Å²) in [5.41, 5.74) is 0.735. The van der Waals surface area contributed by atoms with Crippen LogP contribution in [0, 0.1) is 5.82 Å². The Balaban J connectivity index is 1.67. The van der Waals surface area contributed by atoms with Gasteiger partial charge in [-0.05, 0) is 19.2 Å². The van der Waals surface area contributed by atoms with Crippen molar-refractivity contribution in [1.29, 1.82) is 0 Å². The Kier molecular flexibility index (Phi) is 4.47. The van der Waals surface area contributed by atoms with E-state index in [1.165, 1.54) is 18.5 Å². The molecular weight excluding hydrogens is 297 g/mol. The molecule has 1 amide bonds. The minimum Gasteiger partial charge on any atom is -0.336 e. The highest BCUT2D eigenvalue weighted by molar-refractivity contribution is 5.93. The van der Waals surface area contributed by atoms with Crippen molar-refractivity contribution in [2.45, 2.75) is 0 Å². The second kappa shape index (κ2) is 6.70. The van der Waals surface area contributed by atoms with E-state index >= 15 is 0 Å². The Morgan fingerprint density at radius 1 is 1.13 bits per heavy atom. The maximum atomic E-state index is 13.6. The van der Waals surface area contributed by atoms with E-state index in [4.69, 9.17) is 0 Å². The zero-order valence-corrected chi connectivity index (χ0v) is 12.9. The molecule has 1 saturated heterocycles. The van der Waals surface area contributed by atoms with Crippen molar-refractivity contribution < 1.29 is 9.18 Å². The van der Waals surface area contributed by atoms with Crippen molar-refractivity contribution in [2.75, 3.05) is 38.5 Å². The third-order valence-corrected chi connectivity index (χ3v) is 3.81. The number of carbonyl (C=O) groups excluding carboxylic acids is 1. The summed E-state index contributed by atoms with van der Waals surface area (Å²) in [4.78, 5) is 24.6. The predicted molar refractivity (Wildman–Crippen MR) is 85.1 cm³/mol. The van der Waals surface area contributed by atoms with Crippen molar-refractivity contribution in [3.8, 4) is 0 Å². The maximum Gasteiger partial charge on any atom is 0.257 e. The summed E-state index contributed by atoms with van der Waals surface area (Å²) in [5.74, 6) is -0.200. The molecule has 0 radical (unpaired) electrons. The van der Waals surface area contributed by atoms with Gasteiger partial charge in [-0.15, -0.1) is 0 Å². The van der Waals surface area contributed by atoms with Crippen LogP contribution in [0.2, 0.25) is 0 Å². The smallest absolute Gasteiger partial charge is 0.257 e. The maximum absolute atomic E-state index is 13.6. The van der Waals surface area contributed by atoms with Gasteiger partial charge in [-0.2, -0.15) is 0 Å². The van der Waals surface area contributed by atoms with Crippen LogP contribution in [0.1, 0.15) is 10.4 Å². The number of para-hydroxylation sites is 1. The average Bonchev–Trinajstić information content (AvgIpc) is 2.58. The number of piperazine rings is 1. The molecule has 1 fully saturated rings. The van der Waals surface area contributed by atoms with E-state index in [2.05, 4.69) is 20.2 Å². The monoisotopic (exact) mass is 315 g/mol. The van der Waals surface area contributed by atoms with Crippen LogP contribution < -0.4 is 5.32 Å². The normalized spacial score (nSPS) is 15.5. The summed E-state index contributed by atoms with van der Waals surface area (Å²) in [7, 11) is 2.04. The van der Waals surface area contributed by atoms with Crippen LogP contribution in [0.25, 0.3) is 0 Å². The molecule has 3 rings (SSSR count). The summed E-state index contributed by atoms with van der Waals surface area (Å²) in [6, 6.07) is 6.28. The van der Waals surface area contributed by atoms with Crippen LogP contribution in [0.5, 0.6) is 0 Å². The van der Waals surface area contributed by atoms with E-state index in [9.17, 15) is 9.18 Å². The third kappa shape index (κ3) is 3.62. The van der Waals surface area contributed by atoms with Crippen LogP contribution in [0.3, 0.4) is 0 Å². The van der Waals surface area contributed by atoms with Crippen LogP contribution in [0.4, 0.5) is 16.0 Å². The lowest BCUT2D eigenvalue weighted by atomic mass is 10.2. The number of halogens is 1. The fraction of sp³-hybridized carbons (Fsp3) is 0.312.